The summed E-state index contributed by atoms with van der Waals surface area (Å²) in [7, 11) is -1.51. The number of hydrogen-bond acceptors (Lipinski definition) is 2. The Balaban J connectivity index is 1.64. The SMILES string of the molecule is OB(O)c1ccc2c(c1)-c1ccccc1C21c2ccccc2-n2c3ccccc3c3cccc1c32. The van der Waals surface area contributed by atoms with E-state index in [9.17, 15) is 10.0 Å². The molecule has 0 radical (unpaired) electrons. The highest BCUT2D eigenvalue weighted by atomic mass is 16.4. The van der Waals surface area contributed by atoms with Gasteiger partial charge in [0.2, 0.25) is 0 Å². The molecule has 1 spiro atoms. The van der Waals surface area contributed by atoms with Gasteiger partial charge in [-0.25, -0.2) is 0 Å². The van der Waals surface area contributed by atoms with Gasteiger partial charge < -0.3 is 14.6 Å². The van der Waals surface area contributed by atoms with Crippen LogP contribution < -0.4 is 5.46 Å². The molecule has 35 heavy (non-hydrogen) atoms. The normalized spacial score (nSPS) is 17.0. The molecule has 1 unspecified atom stereocenters. The Labute approximate surface area is 202 Å². The van der Waals surface area contributed by atoms with E-state index in [-0.39, 0.29) is 0 Å². The van der Waals surface area contributed by atoms with E-state index in [1.807, 2.05) is 12.1 Å². The number of benzene rings is 5. The highest BCUT2D eigenvalue weighted by Gasteiger charge is 2.50. The smallest absolute Gasteiger partial charge is 0.423 e. The van der Waals surface area contributed by atoms with Crippen molar-refractivity contribution in [2.45, 2.75) is 5.41 Å². The van der Waals surface area contributed by atoms with Gasteiger partial charge in [0.05, 0.1) is 22.1 Å². The van der Waals surface area contributed by atoms with E-state index in [4.69, 9.17) is 0 Å². The maximum absolute atomic E-state index is 9.95. The third-order valence-corrected chi connectivity index (χ3v) is 8.01. The summed E-state index contributed by atoms with van der Waals surface area (Å²) in [5.74, 6) is 0. The van der Waals surface area contributed by atoms with E-state index >= 15 is 0 Å². The van der Waals surface area contributed by atoms with Gasteiger partial charge in [-0.1, -0.05) is 97.1 Å². The number of aromatic nitrogens is 1. The largest absolute Gasteiger partial charge is 0.488 e. The van der Waals surface area contributed by atoms with Gasteiger partial charge in [-0.15, -0.1) is 0 Å². The van der Waals surface area contributed by atoms with E-state index in [1.54, 1.807) is 0 Å². The van der Waals surface area contributed by atoms with E-state index in [2.05, 4.69) is 102 Å². The zero-order valence-corrected chi connectivity index (χ0v) is 18.8. The fourth-order valence-electron chi connectivity index (χ4n) is 6.74. The van der Waals surface area contributed by atoms with Gasteiger partial charge in [0.1, 0.15) is 0 Å². The van der Waals surface area contributed by atoms with Crippen molar-refractivity contribution < 1.29 is 10.0 Å². The van der Waals surface area contributed by atoms with Gasteiger partial charge in [-0.2, -0.15) is 0 Å². The number of fused-ring (bicyclic) bond motifs is 12. The fourth-order valence-corrected chi connectivity index (χ4v) is 6.74. The third-order valence-electron chi connectivity index (χ3n) is 8.01. The molecule has 1 aromatic heterocycles. The zero-order chi connectivity index (χ0) is 23.3. The van der Waals surface area contributed by atoms with Crippen molar-refractivity contribution in [1.82, 2.24) is 4.57 Å². The zero-order valence-electron chi connectivity index (χ0n) is 18.8. The predicted octanol–water partition coefficient (Wildman–Crippen LogP) is 5.14. The second-order valence-corrected chi connectivity index (χ2v) is 9.55. The Hall–Kier alpha value is -4.12. The molecule has 2 aliphatic rings. The van der Waals surface area contributed by atoms with Gasteiger partial charge in [0, 0.05) is 10.8 Å². The molecule has 1 aliphatic heterocycles. The summed E-state index contributed by atoms with van der Waals surface area (Å²) in [5.41, 5.74) is 10.8. The van der Waals surface area contributed by atoms with Crippen molar-refractivity contribution in [1.29, 1.82) is 0 Å². The molecule has 2 N–H and O–H groups in total. The maximum Gasteiger partial charge on any atom is 0.488 e. The summed E-state index contributed by atoms with van der Waals surface area (Å²) in [6.45, 7) is 0. The van der Waals surface area contributed by atoms with Gasteiger partial charge in [-0.3, -0.25) is 0 Å². The molecule has 1 atom stereocenters. The van der Waals surface area contributed by atoms with Gasteiger partial charge in [0.25, 0.3) is 0 Å². The minimum absolute atomic E-state index is 0.495. The first-order chi connectivity index (χ1) is 17.2. The van der Waals surface area contributed by atoms with E-state index in [0.29, 0.717) is 5.46 Å². The van der Waals surface area contributed by atoms with Crippen LogP contribution in [0.3, 0.4) is 0 Å². The average molecular weight is 449 g/mol. The molecule has 5 aromatic carbocycles. The van der Waals surface area contributed by atoms with Crippen LogP contribution in [0.5, 0.6) is 0 Å². The summed E-state index contributed by atoms with van der Waals surface area (Å²) in [6.07, 6.45) is 0. The Morgan fingerprint density at radius 2 is 1.26 bits per heavy atom. The monoisotopic (exact) mass is 449 g/mol. The average Bonchev–Trinajstić information content (AvgIpc) is 3.39. The molecular formula is C31H20BNO2. The van der Waals surface area contributed by atoms with E-state index in [1.165, 1.54) is 49.7 Å². The van der Waals surface area contributed by atoms with E-state index < -0.39 is 12.5 Å². The molecule has 0 fully saturated rings. The molecule has 0 saturated heterocycles. The first-order valence-electron chi connectivity index (χ1n) is 11.9. The van der Waals surface area contributed by atoms with Crippen LogP contribution >= 0.6 is 0 Å². The van der Waals surface area contributed by atoms with Crippen LogP contribution in [0.4, 0.5) is 0 Å². The minimum atomic E-state index is -1.51. The molecule has 0 saturated carbocycles. The quantitative estimate of drug-likeness (QED) is 0.341. The second-order valence-electron chi connectivity index (χ2n) is 9.55. The van der Waals surface area contributed by atoms with Crippen molar-refractivity contribution in [3.63, 3.8) is 0 Å². The second kappa shape index (κ2) is 6.51. The number of rotatable bonds is 1. The summed E-state index contributed by atoms with van der Waals surface area (Å²) in [5, 5.41) is 22.4. The first-order valence-corrected chi connectivity index (χ1v) is 11.9. The molecule has 0 bridgehead atoms. The van der Waals surface area contributed by atoms with Crippen molar-refractivity contribution in [3.05, 3.63) is 131 Å². The summed E-state index contributed by atoms with van der Waals surface area (Å²) < 4.78 is 2.42. The summed E-state index contributed by atoms with van der Waals surface area (Å²) in [4.78, 5) is 0. The maximum atomic E-state index is 9.95. The lowest BCUT2D eigenvalue weighted by atomic mass is 9.65. The van der Waals surface area contributed by atoms with Crippen LogP contribution in [-0.2, 0) is 5.41 Å². The lowest BCUT2D eigenvalue weighted by molar-refractivity contribution is 0.426. The lowest BCUT2D eigenvalue weighted by Crippen LogP contribution is -2.34. The molecule has 3 nitrogen and oxygen atoms in total. The molecule has 164 valence electrons. The summed E-state index contributed by atoms with van der Waals surface area (Å²) in [6, 6.07) is 38.5. The number of para-hydroxylation sites is 3. The van der Waals surface area contributed by atoms with Crippen molar-refractivity contribution in [2.75, 3.05) is 0 Å². The Morgan fingerprint density at radius 3 is 2.14 bits per heavy atom. The fraction of sp³-hybridized carbons (Fsp3) is 0.0323. The van der Waals surface area contributed by atoms with E-state index in [0.717, 1.165) is 11.1 Å². The van der Waals surface area contributed by atoms with Gasteiger partial charge >= 0.3 is 7.12 Å². The van der Waals surface area contributed by atoms with Crippen molar-refractivity contribution in [2.24, 2.45) is 0 Å². The molecule has 1 aliphatic carbocycles. The third kappa shape index (κ3) is 2.15. The number of nitrogens with zero attached hydrogens (tertiary/aromatic N) is 1. The molecule has 0 amide bonds. The van der Waals surface area contributed by atoms with Crippen molar-refractivity contribution in [3.8, 4) is 16.8 Å². The highest BCUT2D eigenvalue weighted by Crippen LogP contribution is 2.60. The van der Waals surface area contributed by atoms with Crippen LogP contribution in [0, 0.1) is 0 Å². The van der Waals surface area contributed by atoms with Gasteiger partial charge in [-0.05, 0) is 51.0 Å². The lowest BCUT2D eigenvalue weighted by Gasteiger charge is -2.39. The highest BCUT2D eigenvalue weighted by molar-refractivity contribution is 6.58. The Kier molecular flexibility index (Phi) is 3.57. The van der Waals surface area contributed by atoms with Crippen LogP contribution in [-0.4, -0.2) is 21.7 Å². The molecular weight excluding hydrogens is 429 g/mol. The standard InChI is InChI=1S/C31H20BNO2/c34-32(35)19-16-17-25-23(18-19)20-8-1-3-11-24(20)31(25)26-12-4-6-15-29(26)33-28-14-5-2-9-21(28)22-10-7-13-27(31)30(22)33/h1-18,34-35H. The van der Waals surface area contributed by atoms with Crippen LogP contribution in [0.15, 0.2) is 109 Å². The number of hydrogen-bond donors (Lipinski definition) is 2. The minimum Gasteiger partial charge on any atom is -0.423 e. The molecule has 8 rings (SSSR count). The molecule has 2 heterocycles. The topological polar surface area (TPSA) is 45.4 Å². The van der Waals surface area contributed by atoms with Crippen molar-refractivity contribution >= 4 is 34.4 Å². The first kappa shape index (κ1) is 19.2. The molecule has 4 heteroatoms. The van der Waals surface area contributed by atoms with Crippen LogP contribution in [0.1, 0.15) is 22.3 Å². The van der Waals surface area contributed by atoms with Crippen LogP contribution in [0.25, 0.3) is 38.6 Å². The Morgan fingerprint density at radius 1 is 0.571 bits per heavy atom. The summed E-state index contributed by atoms with van der Waals surface area (Å²) >= 11 is 0. The predicted molar refractivity (Wildman–Crippen MR) is 141 cm³/mol. The molecule has 6 aromatic rings. The van der Waals surface area contributed by atoms with Gasteiger partial charge in [0.15, 0.2) is 0 Å². The Bertz CT molecular complexity index is 1850. The van der Waals surface area contributed by atoms with Crippen LogP contribution in [0.2, 0.25) is 0 Å².